The van der Waals surface area contributed by atoms with Gasteiger partial charge in [0.2, 0.25) is 0 Å². The van der Waals surface area contributed by atoms with Crippen LogP contribution in [0, 0.1) is 39.4 Å². The van der Waals surface area contributed by atoms with Crippen LogP contribution in [0.4, 0.5) is 0 Å². The van der Waals surface area contributed by atoms with Crippen LogP contribution in [-0.4, -0.2) is 25.0 Å². The van der Waals surface area contributed by atoms with E-state index in [-0.39, 0.29) is 17.2 Å². The summed E-state index contributed by atoms with van der Waals surface area (Å²) in [6, 6.07) is 0.0820. The Kier molecular flexibility index (Phi) is 3.68. The summed E-state index contributed by atoms with van der Waals surface area (Å²) < 4.78 is 12.5. The van der Waals surface area contributed by atoms with Crippen LogP contribution in [0.2, 0.25) is 0 Å². The van der Waals surface area contributed by atoms with Gasteiger partial charge in [0, 0.05) is 11.8 Å². The average molecular weight is 347 g/mol. The second-order valence-electron chi connectivity index (χ2n) is 10.1. The van der Waals surface area contributed by atoms with Crippen molar-refractivity contribution in [2.75, 3.05) is 13.2 Å². The van der Waals surface area contributed by atoms with Crippen LogP contribution in [0.3, 0.4) is 0 Å². The molecule has 0 radical (unpaired) electrons. The molecule has 7 atom stereocenters. The molecule has 5 aliphatic rings. The Labute approximate surface area is 151 Å². The molecule has 0 N–H and O–H groups in total. The fourth-order valence-corrected chi connectivity index (χ4v) is 8.22. The number of rotatable bonds is 1. The molecule has 4 heteroatoms. The molecule has 0 aromatic carbocycles. The monoisotopic (exact) mass is 347 g/mol. The van der Waals surface area contributed by atoms with Gasteiger partial charge in [-0.15, -0.1) is 0 Å². The van der Waals surface area contributed by atoms with E-state index in [2.05, 4.69) is 19.0 Å². The summed E-state index contributed by atoms with van der Waals surface area (Å²) in [4.78, 5) is 11.1. The predicted molar refractivity (Wildman–Crippen MR) is 95.9 cm³/mol. The van der Waals surface area contributed by atoms with Gasteiger partial charge in [-0.05, 0) is 80.5 Å². The smallest absolute Gasteiger partial charge is 0.174 e. The van der Waals surface area contributed by atoms with Crippen molar-refractivity contribution in [2.45, 2.75) is 83.5 Å². The highest BCUT2D eigenvalue weighted by molar-refractivity contribution is 5.13. The second kappa shape index (κ2) is 5.51. The molecule has 4 nitrogen and oxygen atoms in total. The van der Waals surface area contributed by atoms with Crippen molar-refractivity contribution in [1.29, 1.82) is 0 Å². The molecule has 1 saturated heterocycles. The van der Waals surface area contributed by atoms with Crippen molar-refractivity contribution >= 4 is 0 Å². The lowest BCUT2D eigenvalue weighted by Crippen LogP contribution is -2.57. The van der Waals surface area contributed by atoms with Gasteiger partial charge in [-0.1, -0.05) is 19.0 Å². The Morgan fingerprint density at radius 2 is 1.64 bits per heavy atom. The van der Waals surface area contributed by atoms with Gasteiger partial charge >= 0.3 is 0 Å². The van der Waals surface area contributed by atoms with Gasteiger partial charge in [-0.25, -0.2) is 0 Å². The fraction of sp³-hybridized carbons (Fsp3) is 1.00. The number of nitrogens with zero attached hydrogens (tertiary/aromatic N) is 1. The van der Waals surface area contributed by atoms with E-state index in [9.17, 15) is 4.91 Å². The molecular weight excluding hydrogens is 314 g/mol. The Balaban J connectivity index is 1.43. The Morgan fingerprint density at radius 1 is 0.880 bits per heavy atom. The predicted octanol–water partition coefficient (Wildman–Crippen LogP) is 4.91. The molecule has 5 fully saturated rings. The lowest BCUT2D eigenvalue weighted by molar-refractivity contribution is -0.247. The van der Waals surface area contributed by atoms with Crippen molar-refractivity contribution in [1.82, 2.24) is 0 Å². The highest BCUT2D eigenvalue weighted by Gasteiger charge is 2.67. The lowest BCUT2D eigenvalue weighted by Gasteiger charge is -2.61. The van der Waals surface area contributed by atoms with Crippen molar-refractivity contribution in [3.05, 3.63) is 4.91 Å². The molecule has 7 unspecified atom stereocenters. The maximum absolute atomic E-state index is 11.1. The van der Waals surface area contributed by atoms with E-state index >= 15 is 0 Å². The van der Waals surface area contributed by atoms with E-state index in [1.807, 2.05) is 0 Å². The van der Waals surface area contributed by atoms with E-state index in [1.54, 1.807) is 0 Å². The standard InChI is InChI=1S/C21H33NO3/c1-19-8-5-15(22-23)13-14(19)3-4-16-17(19)6-9-20(2)18(16)7-10-21(20)24-11-12-25-21/h14-18H,3-13H2,1-2H3. The minimum absolute atomic E-state index is 0.0820. The first-order valence-corrected chi connectivity index (χ1v) is 10.6. The molecule has 4 aliphatic carbocycles. The van der Waals surface area contributed by atoms with Gasteiger partial charge in [0.15, 0.2) is 5.79 Å². The van der Waals surface area contributed by atoms with Crippen LogP contribution in [0.15, 0.2) is 5.18 Å². The zero-order valence-corrected chi connectivity index (χ0v) is 15.8. The summed E-state index contributed by atoms with van der Waals surface area (Å²) in [7, 11) is 0. The molecule has 0 aromatic rings. The normalized spacial score (nSPS) is 53.9. The van der Waals surface area contributed by atoms with Crippen molar-refractivity contribution < 1.29 is 9.47 Å². The SMILES string of the molecule is CC12CCC(N=O)CC1CCC1C2CCC2(C)C1CCC21OCCO1. The van der Waals surface area contributed by atoms with Crippen LogP contribution in [0.1, 0.15) is 71.6 Å². The quantitative estimate of drug-likeness (QED) is 0.633. The van der Waals surface area contributed by atoms with Crippen LogP contribution in [-0.2, 0) is 9.47 Å². The zero-order valence-electron chi connectivity index (χ0n) is 15.8. The third kappa shape index (κ3) is 2.07. The topological polar surface area (TPSA) is 47.9 Å². The molecule has 1 spiro atoms. The summed E-state index contributed by atoms with van der Waals surface area (Å²) >= 11 is 0. The van der Waals surface area contributed by atoms with Crippen molar-refractivity contribution in [3.8, 4) is 0 Å². The minimum Gasteiger partial charge on any atom is -0.347 e. The summed E-state index contributed by atoms with van der Waals surface area (Å²) in [6.45, 7) is 6.56. The molecule has 1 heterocycles. The zero-order chi connectivity index (χ0) is 17.3. The maximum atomic E-state index is 11.1. The molecule has 140 valence electrons. The van der Waals surface area contributed by atoms with Gasteiger partial charge in [-0.3, -0.25) is 0 Å². The highest BCUT2D eigenvalue weighted by atomic mass is 16.7. The summed E-state index contributed by atoms with van der Waals surface area (Å²) in [5, 5.41) is 3.40. The van der Waals surface area contributed by atoms with Gasteiger partial charge in [0.1, 0.15) is 0 Å². The van der Waals surface area contributed by atoms with Crippen molar-refractivity contribution in [2.24, 2.45) is 39.7 Å². The van der Waals surface area contributed by atoms with E-state index in [0.717, 1.165) is 50.2 Å². The Hall–Kier alpha value is -0.480. The summed E-state index contributed by atoms with van der Waals surface area (Å²) in [6.07, 6.45) is 10.8. The molecule has 0 bridgehead atoms. The molecule has 4 saturated carbocycles. The molecule has 1 aliphatic heterocycles. The van der Waals surface area contributed by atoms with E-state index < -0.39 is 0 Å². The Morgan fingerprint density at radius 3 is 2.40 bits per heavy atom. The van der Waals surface area contributed by atoms with Gasteiger partial charge in [0.05, 0.1) is 19.3 Å². The molecule has 0 amide bonds. The number of ether oxygens (including phenoxy) is 2. The minimum atomic E-state index is -0.278. The van der Waals surface area contributed by atoms with E-state index in [0.29, 0.717) is 11.3 Å². The first-order valence-electron chi connectivity index (χ1n) is 10.6. The first-order chi connectivity index (χ1) is 12.0. The lowest BCUT2D eigenvalue weighted by atomic mass is 9.45. The van der Waals surface area contributed by atoms with Crippen LogP contribution < -0.4 is 0 Å². The molecular formula is C21H33NO3. The largest absolute Gasteiger partial charge is 0.347 e. The van der Waals surface area contributed by atoms with Crippen LogP contribution >= 0.6 is 0 Å². The Bertz CT molecular complexity index is 559. The van der Waals surface area contributed by atoms with Gasteiger partial charge in [-0.2, -0.15) is 4.91 Å². The third-order valence-corrected chi connectivity index (χ3v) is 9.59. The van der Waals surface area contributed by atoms with Crippen LogP contribution in [0.25, 0.3) is 0 Å². The van der Waals surface area contributed by atoms with Crippen LogP contribution in [0.5, 0.6) is 0 Å². The maximum Gasteiger partial charge on any atom is 0.174 e. The molecule has 25 heavy (non-hydrogen) atoms. The first kappa shape index (κ1) is 16.7. The number of hydrogen-bond acceptors (Lipinski definition) is 4. The third-order valence-electron chi connectivity index (χ3n) is 9.59. The number of fused-ring (bicyclic) bond motifs is 6. The second-order valence-corrected chi connectivity index (χ2v) is 10.1. The van der Waals surface area contributed by atoms with Gasteiger partial charge in [0.25, 0.3) is 0 Å². The van der Waals surface area contributed by atoms with Gasteiger partial charge < -0.3 is 9.47 Å². The molecule has 5 rings (SSSR count). The fourth-order valence-electron chi connectivity index (χ4n) is 8.22. The van der Waals surface area contributed by atoms with E-state index in [4.69, 9.17) is 9.47 Å². The van der Waals surface area contributed by atoms with E-state index in [1.165, 1.54) is 38.5 Å². The summed E-state index contributed by atoms with van der Waals surface area (Å²) in [5.74, 6) is 2.84. The molecule has 0 aromatic heterocycles. The van der Waals surface area contributed by atoms with Crippen molar-refractivity contribution in [3.63, 3.8) is 0 Å². The number of hydrogen-bond donors (Lipinski definition) is 0. The average Bonchev–Trinajstić information content (AvgIpc) is 3.21. The summed E-state index contributed by atoms with van der Waals surface area (Å²) in [5.41, 5.74) is 0.633. The number of nitroso groups, excluding NO2 is 1. The highest BCUT2D eigenvalue weighted by Crippen LogP contribution is 2.69.